The molecule has 1 aliphatic rings. The lowest BCUT2D eigenvalue weighted by molar-refractivity contribution is 0.0608. The Kier molecular flexibility index (Phi) is 4.34. The number of amides is 1. The molecule has 0 bridgehead atoms. The molecule has 3 heterocycles. The van der Waals surface area contributed by atoms with E-state index in [9.17, 15) is 4.79 Å². The quantitative estimate of drug-likeness (QED) is 0.708. The summed E-state index contributed by atoms with van der Waals surface area (Å²) in [5.74, 6) is 1.50. The van der Waals surface area contributed by atoms with E-state index in [-0.39, 0.29) is 11.9 Å². The number of carbonyl (C=O) groups is 1. The van der Waals surface area contributed by atoms with Crippen LogP contribution in [0.3, 0.4) is 0 Å². The van der Waals surface area contributed by atoms with Crippen LogP contribution in [-0.4, -0.2) is 40.7 Å². The van der Waals surface area contributed by atoms with E-state index in [2.05, 4.69) is 29.8 Å². The van der Waals surface area contributed by atoms with Crippen molar-refractivity contribution in [1.82, 2.24) is 14.0 Å². The van der Waals surface area contributed by atoms with Gasteiger partial charge in [-0.15, -0.1) is 0 Å². The molecule has 27 heavy (non-hydrogen) atoms. The monoisotopic (exact) mass is 367 g/mol. The van der Waals surface area contributed by atoms with Crippen molar-refractivity contribution in [3.8, 4) is 11.5 Å². The molecule has 1 amide bonds. The molecule has 0 spiro atoms. The van der Waals surface area contributed by atoms with Crippen LogP contribution in [0.1, 0.15) is 35.6 Å². The molecular weight excluding hydrogens is 342 g/mol. The van der Waals surface area contributed by atoms with Crippen molar-refractivity contribution in [2.45, 2.75) is 25.9 Å². The minimum atomic E-state index is 0.0390. The van der Waals surface area contributed by atoms with E-state index in [1.54, 1.807) is 14.2 Å². The van der Waals surface area contributed by atoms with Gasteiger partial charge in [0.15, 0.2) is 0 Å². The average Bonchev–Trinajstić information content (AvgIpc) is 3.31. The fourth-order valence-corrected chi connectivity index (χ4v) is 4.24. The molecule has 0 fully saturated rings. The zero-order chi connectivity index (χ0) is 19.1. The van der Waals surface area contributed by atoms with Gasteiger partial charge in [0.05, 0.1) is 25.8 Å². The Morgan fingerprint density at radius 2 is 1.89 bits per heavy atom. The van der Waals surface area contributed by atoms with Crippen LogP contribution in [0.25, 0.3) is 10.9 Å². The summed E-state index contributed by atoms with van der Waals surface area (Å²) in [5, 5.41) is 0.885. The van der Waals surface area contributed by atoms with E-state index in [0.29, 0.717) is 12.2 Å². The Morgan fingerprint density at radius 1 is 1.15 bits per heavy atom. The number of hydrogen-bond acceptors (Lipinski definition) is 3. The van der Waals surface area contributed by atoms with Gasteiger partial charge in [0.2, 0.25) is 0 Å². The summed E-state index contributed by atoms with van der Waals surface area (Å²) in [6.45, 7) is 3.65. The Labute approximate surface area is 158 Å². The van der Waals surface area contributed by atoms with Crippen LogP contribution in [0.15, 0.2) is 36.5 Å². The summed E-state index contributed by atoms with van der Waals surface area (Å²) in [7, 11) is 5.19. The molecule has 6 nitrogen and oxygen atoms in total. The number of benzene rings is 1. The molecule has 0 saturated heterocycles. The van der Waals surface area contributed by atoms with E-state index in [0.717, 1.165) is 35.4 Å². The summed E-state index contributed by atoms with van der Waals surface area (Å²) in [5.41, 5.74) is 2.71. The first kappa shape index (κ1) is 17.5. The zero-order valence-electron chi connectivity index (χ0n) is 16.2. The maximum Gasteiger partial charge on any atom is 0.271 e. The molecule has 1 aliphatic heterocycles. The van der Waals surface area contributed by atoms with Crippen LogP contribution in [0.4, 0.5) is 0 Å². The number of nitrogens with zero attached hydrogens (tertiary/aromatic N) is 3. The maximum atomic E-state index is 13.5. The SMILES string of the molecule is CC[C@H]1c2cccn2CCN1C(=O)c1cc2c(OC)ccc(OC)c2n1C. The van der Waals surface area contributed by atoms with Crippen LogP contribution in [0.2, 0.25) is 0 Å². The first-order valence-electron chi connectivity index (χ1n) is 9.27. The number of aromatic nitrogens is 2. The first-order valence-corrected chi connectivity index (χ1v) is 9.27. The number of ether oxygens (including phenoxy) is 2. The predicted octanol–water partition coefficient (Wildman–Crippen LogP) is 3.60. The molecule has 0 saturated carbocycles. The van der Waals surface area contributed by atoms with Gasteiger partial charge >= 0.3 is 0 Å². The maximum absolute atomic E-state index is 13.5. The third kappa shape index (κ3) is 2.59. The van der Waals surface area contributed by atoms with Crippen LogP contribution >= 0.6 is 0 Å². The minimum Gasteiger partial charge on any atom is -0.496 e. The van der Waals surface area contributed by atoms with Gasteiger partial charge in [0, 0.05) is 37.4 Å². The van der Waals surface area contributed by atoms with Crippen molar-refractivity contribution < 1.29 is 14.3 Å². The number of fused-ring (bicyclic) bond motifs is 2. The summed E-state index contributed by atoms with van der Waals surface area (Å²) < 4.78 is 15.2. The summed E-state index contributed by atoms with van der Waals surface area (Å²) in [4.78, 5) is 15.5. The third-order valence-electron chi connectivity index (χ3n) is 5.59. The second-order valence-electron chi connectivity index (χ2n) is 6.87. The highest BCUT2D eigenvalue weighted by Gasteiger charge is 2.32. The number of carbonyl (C=O) groups excluding carboxylic acids is 1. The van der Waals surface area contributed by atoms with Crippen molar-refractivity contribution in [1.29, 1.82) is 0 Å². The standard InChI is InChI=1S/C21H25N3O3/c1-5-15-16-7-6-10-23(16)11-12-24(15)21(25)17-13-14-18(26-3)8-9-19(27-4)20(14)22(17)2/h6-10,13,15H,5,11-12H2,1-4H3/t15-/m0/s1. The predicted molar refractivity (Wildman–Crippen MR) is 105 cm³/mol. The number of rotatable bonds is 4. The number of aryl methyl sites for hydroxylation is 1. The fourth-order valence-electron chi connectivity index (χ4n) is 4.24. The molecule has 3 aromatic rings. The van der Waals surface area contributed by atoms with Crippen molar-refractivity contribution in [2.24, 2.45) is 7.05 Å². The van der Waals surface area contributed by atoms with Gasteiger partial charge in [0.25, 0.3) is 5.91 Å². The molecule has 0 radical (unpaired) electrons. The fraction of sp³-hybridized carbons (Fsp3) is 0.381. The highest BCUT2D eigenvalue weighted by atomic mass is 16.5. The minimum absolute atomic E-state index is 0.0390. The molecule has 6 heteroatoms. The van der Waals surface area contributed by atoms with Crippen molar-refractivity contribution in [3.05, 3.63) is 47.9 Å². The molecule has 2 aromatic heterocycles. The van der Waals surface area contributed by atoms with Crippen molar-refractivity contribution in [3.63, 3.8) is 0 Å². The van der Waals surface area contributed by atoms with Gasteiger partial charge < -0.3 is 23.5 Å². The molecule has 0 unspecified atom stereocenters. The van der Waals surface area contributed by atoms with E-state index >= 15 is 0 Å². The third-order valence-corrected chi connectivity index (χ3v) is 5.59. The molecule has 1 aromatic carbocycles. The Morgan fingerprint density at radius 3 is 2.59 bits per heavy atom. The Balaban J connectivity index is 1.80. The Bertz CT molecular complexity index is 1000. The smallest absolute Gasteiger partial charge is 0.271 e. The van der Waals surface area contributed by atoms with E-state index in [1.807, 2.05) is 34.7 Å². The average molecular weight is 367 g/mol. The van der Waals surface area contributed by atoms with Crippen LogP contribution < -0.4 is 9.47 Å². The number of hydrogen-bond donors (Lipinski definition) is 0. The highest BCUT2D eigenvalue weighted by molar-refractivity contribution is 6.02. The number of methoxy groups -OCH3 is 2. The largest absolute Gasteiger partial charge is 0.496 e. The topological polar surface area (TPSA) is 48.6 Å². The van der Waals surface area contributed by atoms with Gasteiger partial charge in [0.1, 0.15) is 17.2 Å². The van der Waals surface area contributed by atoms with Crippen molar-refractivity contribution >= 4 is 16.8 Å². The molecule has 0 N–H and O–H groups in total. The zero-order valence-corrected chi connectivity index (χ0v) is 16.2. The van der Waals surface area contributed by atoms with Crippen LogP contribution in [-0.2, 0) is 13.6 Å². The van der Waals surface area contributed by atoms with Crippen molar-refractivity contribution in [2.75, 3.05) is 20.8 Å². The van der Waals surface area contributed by atoms with Gasteiger partial charge in [-0.3, -0.25) is 4.79 Å². The molecule has 142 valence electrons. The molecule has 0 aliphatic carbocycles. The molecular formula is C21H25N3O3. The summed E-state index contributed by atoms with van der Waals surface area (Å²) >= 11 is 0. The molecule has 4 rings (SSSR count). The lowest BCUT2D eigenvalue weighted by Gasteiger charge is -2.36. The first-order chi connectivity index (χ1) is 13.1. The van der Waals surface area contributed by atoms with Gasteiger partial charge in [-0.1, -0.05) is 6.92 Å². The van der Waals surface area contributed by atoms with E-state index < -0.39 is 0 Å². The molecule has 1 atom stereocenters. The van der Waals surface area contributed by atoms with Crippen LogP contribution in [0.5, 0.6) is 11.5 Å². The van der Waals surface area contributed by atoms with Gasteiger partial charge in [-0.2, -0.15) is 0 Å². The van der Waals surface area contributed by atoms with Gasteiger partial charge in [-0.25, -0.2) is 0 Å². The van der Waals surface area contributed by atoms with Crippen LogP contribution in [0, 0.1) is 0 Å². The second-order valence-corrected chi connectivity index (χ2v) is 6.87. The lowest BCUT2D eigenvalue weighted by Crippen LogP contribution is -2.42. The Hall–Kier alpha value is -2.89. The summed E-state index contributed by atoms with van der Waals surface area (Å²) in [6, 6.07) is 9.91. The van der Waals surface area contributed by atoms with E-state index in [4.69, 9.17) is 9.47 Å². The second kappa shape index (κ2) is 6.68. The van der Waals surface area contributed by atoms with E-state index in [1.165, 1.54) is 5.69 Å². The summed E-state index contributed by atoms with van der Waals surface area (Å²) in [6.07, 6.45) is 2.97. The highest BCUT2D eigenvalue weighted by Crippen LogP contribution is 2.37. The normalized spacial score (nSPS) is 16.4. The van der Waals surface area contributed by atoms with Gasteiger partial charge in [-0.05, 0) is 36.8 Å². The lowest BCUT2D eigenvalue weighted by atomic mass is 10.1.